The van der Waals surface area contributed by atoms with E-state index >= 15 is 0 Å². The van der Waals surface area contributed by atoms with Crippen molar-refractivity contribution in [2.45, 2.75) is 39.0 Å². The van der Waals surface area contributed by atoms with Crippen LogP contribution < -0.4 is 0 Å². The van der Waals surface area contributed by atoms with E-state index < -0.39 is 0 Å². The van der Waals surface area contributed by atoms with Crippen LogP contribution in [0.1, 0.15) is 55.1 Å². The summed E-state index contributed by atoms with van der Waals surface area (Å²) in [5, 5.41) is 0. The Hall–Kier alpha value is -1.11. The van der Waals surface area contributed by atoms with Gasteiger partial charge in [-0.2, -0.15) is 0 Å². The largest absolute Gasteiger partial charge is 0.293 e. The molecule has 0 saturated carbocycles. The smallest absolute Gasteiger partial charge is 0.173 e. The van der Waals surface area contributed by atoms with Crippen molar-refractivity contribution in [1.82, 2.24) is 0 Å². The summed E-state index contributed by atoms with van der Waals surface area (Å²) in [6, 6.07) is 6.22. The maximum absolute atomic E-state index is 11.7. The molecule has 1 nitrogen and oxygen atoms in total. The summed E-state index contributed by atoms with van der Waals surface area (Å²) < 4.78 is 0. The maximum Gasteiger partial charge on any atom is 0.173 e. The summed E-state index contributed by atoms with van der Waals surface area (Å²) in [6.45, 7) is 8.36. The first-order chi connectivity index (χ1) is 6.44. The minimum atomic E-state index is -0.250. The number of ketones is 1. The highest BCUT2D eigenvalue weighted by Gasteiger charge is 2.43. The molecule has 0 spiro atoms. The number of carbonyl (C=O) groups excluding carboxylic acids is 1. The monoisotopic (exact) mass is 188 g/mol. The molecule has 1 aliphatic rings. The second-order valence-electron chi connectivity index (χ2n) is 4.91. The van der Waals surface area contributed by atoms with Gasteiger partial charge in [-0.25, -0.2) is 0 Å². The van der Waals surface area contributed by atoms with Crippen molar-refractivity contribution in [2.75, 3.05) is 0 Å². The van der Waals surface area contributed by atoms with E-state index in [0.717, 1.165) is 5.56 Å². The Labute approximate surface area is 85.1 Å². The molecule has 1 aromatic rings. The minimum Gasteiger partial charge on any atom is -0.293 e. The van der Waals surface area contributed by atoms with Gasteiger partial charge in [0.15, 0.2) is 5.78 Å². The van der Waals surface area contributed by atoms with Crippen molar-refractivity contribution < 1.29 is 4.79 Å². The summed E-state index contributed by atoms with van der Waals surface area (Å²) in [7, 11) is 0. The molecule has 1 aromatic carbocycles. The van der Waals surface area contributed by atoms with E-state index in [1.807, 2.05) is 19.9 Å². The third-order valence-electron chi connectivity index (χ3n) is 3.20. The fourth-order valence-corrected chi connectivity index (χ4v) is 2.03. The molecule has 14 heavy (non-hydrogen) atoms. The highest BCUT2D eigenvalue weighted by molar-refractivity contribution is 6.13. The lowest BCUT2D eigenvalue weighted by molar-refractivity contribution is 0.0865. The molecule has 2 rings (SSSR count). The van der Waals surface area contributed by atoms with Crippen LogP contribution in [0.25, 0.3) is 0 Å². The second-order valence-corrected chi connectivity index (χ2v) is 4.91. The first-order valence-electron chi connectivity index (χ1n) is 5.14. The van der Waals surface area contributed by atoms with Crippen LogP contribution in [0.5, 0.6) is 0 Å². The number of hydrogen-bond acceptors (Lipinski definition) is 1. The summed E-state index contributed by atoms with van der Waals surface area (Å²) in [5.74, 6) is 0.814. The lowest BCUT2D eigenvalue weighted by Crippen LogP contribution is -2.40. The third kappa shape index (κ3) is 1.05. The summed E-state index contributed by atoms with van der Waals surface area (Å²) in [6.07, 6.45) is 0. The maximum atomic E-state index is 11.7. The topological polar surface area (TPSA) is 17.1 Å². The number of carbonyl (C=O) groups is 1. The van der Waals surface area contributed by atoms with Crippen molar-refractivity contribution in [2.24, 2.45) is 0 Å². The van der Waals surface area contributed by atoms with Crippen LogP contribution in [0.2, 0.25) is 0 Å². The zero-order valence-corrected chi connectivity index (χ0v) is 9.22. The normalized spacial score (nSPS) is 17.9. The van der Waals surface area contributed by atoms with E-state index in [1.165, 1.54) is 11.1 Å². The van der Waals surface area contributed by atoms with Crippen LogP contribution in [-0.2, 0) is 5.41 Å². The number of rotatable bonds is 1. The first kappa shape index (κ1) is 9.45. The van der Waals surface area contributed by atoms with Crippen molar-refractivity contribution in [3.05, 3.63) is 34.9 Å². The zero-order chi connectivity index (χ0) is 10.5. The third-order valence-corrected chi connectivity index (χ3v) is 3.20. The highest BCUT2D eigenvalue weighted by Crippen LogP contribution is 2.41. The van der Waals surface area contributed by atoms with Crippen molar-refractivity contribution >= 4 is 5.78 Å². The quantitative estimate of drug-likeness (QED) is 0.661. The molecule has 0 N–H and O–H groups in total. The van der Waals surface area contributed by atoms with E-state index in [-0.39, 0.29) is 11.2 Å². The van der Waals surface area contributed by atoms with Crippen molar-refractivity contribution in [3.63, 3.8) is 0 Å². The SMILES string of the molecule is CC(C)c1ccc2c(c1)C(C)(C)C2=O. The Morgan fingerprint density at radius 3 is 2.43 bits per heavy atom. The predicted molar refractivity (Wildman–Crippen MR) is 57.9 cm³/mol. The van der Waals surface area contributed by atoms with Crippen LogP contribution >= 0.6 is 0 Å². The molecule has 1 aliphatic carbocycles. The lowest BCUT2D eigenvalue weighted by Gasteiger charge is -2.36. The van der Waals surface area contributed by atoms with Crippen LogP contribution in [-0.4, -0.2) is 5.78 Å². The Morgan fingerprint density at radius 2 is 1.86 bits per heavy atom. The molecule has 74 valence electrons. The fourth-order valence-electron chi connectivity index (χ4n) is 2.03. The Bertz CT molecular complexity index is 400. The van der Waals surface area contributed by atoms with Crippen LogP contribution in [0.15, 0.2) is 18.2 Å². The van der Waals surface area contributed by atoms with E-state index in [2.05, 4.69) is 26.0 Å². The predicted octanol–water partition coefficient (Wildman–Crippen LogP) is 3.28. The molecule has 0 unspecified atom stereocenters. The van der Waals surface area contributed by atoms with E-state index in [9.17, 15) is 4.79 Å². The Balaban J connectivity index is 2.52. The molecule has 0 aliphatic heterocycles. The van der Waals surface area contributed by atoms with Crippen LogP contribution in [0, 0.1) is 0 Å². The molecule has 0 atom stereocenters. The molecule has 0 aromatic heterocycles. The van der Waals surface area contributed by atoms with Crippen LogP contribution in [0.4, 0.5) is 0 Å². The molecule has 0 saturated heterocycles. The van der Waals surface area contributed by atoms with Gasteiger partial charge in [-0.3, -0.25) is 4.79 Å². The number of fused-ring (bicyclic) bond motifs is 1. The number of benzene rings is 1. The first-order valence-corrected chi connectivity index (χ1v) is 5.14. The van der Waals surface area contributed by atoms with E-state index in [0.29, 0.717) is 5.92 Å². The average Bonchev–Trinajstić information content (AvgIpc) is 2.16. The Morgan fingerprint density at radius 1 is 1.21 bits per heavy atom. The standard InChI is InChI=1S/C13H16O/c1-8(2)9-5-6-10-11(7-9)13(3,4)12(10)14/h5-8H,1-4H3. The van der Waals surface area contributed by atoms with E-state index in [1.54, 1.807) is 0 Å². The van der Waals surface area contributed by atoms with Gasteiger partial charge >= 0.3 is 0 Å². The van der Waals surface area contributed by atoms with Gasteiger partial charge in [0.2, 0.25) is 0 Å². The van der Waals surface area contributed by atoms with Gasteiger partial charge in [-0.1, -0.05) is 32.0 Å². The number of hydrogen-bond donors (Lipinski definition) is 0. The highest BCUT2D eigenvalue weighted by atomic mass is 16.1. The van der Waals surface area contributed by atoms with Crippen molar-refractivity contribution in [3.8, 4) is 0 Å². The molecule has 0 bridgehead atoms. The zero-order valence-electron chi connectivity index (χ0n) is 9.22. The molecule has 1 heteroatoms. The van der Waals surface area contributed by atoms with Gasteiger partial charge < -0.3 is 0 Å². The fraction of sp³-hybridized carbons (Fsp3) is 0.462. The van der Waals surface area contributed by atoms with E-state index in [4.69, 9.17) is 0 Å². The van der Waals surface area contributed by atoms with Gasteiger partial charge in [0.25, 0.3) is 0 Å². The second kappa shape index (κ2) is 2.69. The lowest BCUT2D eigenvalue weighted by atomic mass is 9.65. The molecular weight excluding hydrogens is 172 g/mol. The summed E-state index contributed by atoms with van der Waals surface area (Å²) >= 11 is 0. The molecule has 0 heterocycles. The van der Waals surface area contributed by atoms with Gasteiger partial charge in [0, 0.05) is 5.56 Å². The minimum absolute atomic E-state index is 0.250. The van der Waals surface area contributed by atoms with Crippen LogP contribution in [0.3, 0.4) is 0 Å². The van der Waals surface area contributed by atoms with Gasteiger partial charge in [0.1, 0.15) is 0 Å². The van der Waals surface area contributed by atoms with Gasteiger partial charge in [-0.05, 0) is 30.9 Å². The molecule has 0 fully saturated rings. The Kier molecular flexibility index (Phi) is 1.82. The van der Waals surface area contributed by atoms with Gasteiger partial charge in [0.05, 0.1) is 5.41 Å². The molecular formula is C13H16O. The number of Topliss-reactive ketones (excluding diaryl/α,β-unsaturated/α-hetero) is 1. The van der Waals surface area contributed by atoms with Crippen molar-refractivity contribution in [1.29, 1.82) is 0 Å². The molecule has 0 radical (unpaired) electrons. The summed E-state index contributed by atoms with van der Waals surface area (Å²) in [5.41, 5.74) is 3.21. The van der Waals surface area contributed by atoms with Gasteiger partial charge in [-0.15, -0.1) is 0 Å². The molecule has 0 amide bonds. The summed E-state index contributed by atoms with van der Waals surface area (Å²) in [4.78, 5) is 11.7. The average molecular weight is 188 g/mol.